The number of amides is 4. The fraction of sp³-hybridized carbons (Fsp3) is 0.250. The molecule has 0 aromatic heterocycles. The second kappa shape index (κ2) is 13.2. The van der Waals surface area contributed by atoms with E-state index in [0.29, 0.717) is 38.9 Å². The van der Waals surface area contributed by atoms with Crippen molar-refractivity contribution in [2.45, 2.75) is 24.2 Å². The molecule has 0 spiro atoms. The van der Waals surface area contributed by atoms with Gasteiger partial charge in [-0.1, -0.05) is 69.0 Å². The van der Waals surface area contributed by atoms with E-state index in [1.807, 2.05) is 6.08 Å². The summed E-state index contributed by atoms with van der Waals surface area (Å²) in [6, 6.07) is 23.4. The standard InChI is InChI=1S/C40H32BrCl2N3O7/c1-52-24-10-3-20(4-11-24)40-30(37(49)46(39(40)51)44-32-16-7-22(42)17-31(32)43)19-29-26(35(40)27-13-12-25(53-2)18-33(27)47)14-15-28-34(29)38(50)45(36(28)48)23-8-5-21(41)6-9-23/h3-14,16-18,28-30,34-35,44,47H,15,19H2,1-2H3/t28-,29+,30-,34-,35+,40+/m0/s1. The lowest BCUT2D eigenvalue weighted by molar-refractivity contribution is -0.138. The number of benzene rings is 4. The molecule has 8 rings (SSSR count). The lowest BCUT2D eigenvalue weighted by atomic mass is 9.49. The van der Waals surface area contributed by atoms with Gasteiger partial charge in [-0.15, -0.1) is 0 Å². The van der Waals surface area contributed by atoms with E-state index in [4.69, 9.17) is 32.7 Å². The van der Waals surface area contributed by atoms with Gasteiger partial charge in [0.1, 0.15) is 17.2 Å². The number of halogens is 3. The van der Waals surface area contributed by atoms with Crippen LogP contribution in [-0.4, -0.2) is 48.0 Å². The molecule has 13 heteroatoms. The van der Waals surface area contributed by atoms with Crippen molar-refractivity contribution in [3.05, 3.63) is 122 Å². The van der Waals surface area contributed by atoms with E-state index < -0.39 is 46.8 Å². The number of phenolic OH excluding ortho intramolecular Hbond substituents is 1. The predicted octanol–water partition coefficient (Wildman–Crippen LogP) is 7.67. The van der Waals surface area contributed by atoms with E-state index in [1.165, 1.54) is 31.3 Å². The van der Waals surface area contributed by atoms with Gasteiger partial charge < -0.3 is 14.6 Å². The number of hydrogen-bond acceptors (Lipinski definition) is 8. The zero-order valence-electron chi connectivity index (χ0n) is 28.4. The second-order valence-electron chi connectivity index (χ2n) is 13.6. The van der Waals surface area contributed by atoms with Gasteiger partial charge in [0.05, 0.1) is 53.8 Å². The number of hydrogen-bond donors (Lipinski definition) is 2. The summed E-state index contributed by atoms with van der Waals surface area (Å²) in [5.41, 5.74) is 3.67. The van der Waals surface area contributed by atoms with Crippen LogP contribution in [0.4, 0.5) is 11.4 Å². The Morgan fingerprint density at radius 3 is 2.19 bits per heavy atom. The molecule has 0 radical (unpaired) electrons. The molecule has 1 saturated carbocycles. The molecule has 2 saturated heterocycles. The molecule has 2 aliphatic heterocycles. The first kappa shape index (κ1) is 35.2. The first-order valence-corrected chi connectivity index (χ1v) is 18.5. The Balaban J connectivity index is 1.34. The van der Waals surface area contributed by atoms with E-state index in [2.05, 4.69) is 21.4 Å². The van der Waals surface area contributed by atoms with Crippen LogP contribution in [0.1, 0.15) is 29.9 Å². The molecule has 4 aromatic rings. The number of carbonyl (C=O) groups excluding carboxylic acids is 4. The fourth-order valence-electron chi connectivity index (χ4n) is 8.93. The van der Waals surface area contributed by atoms with Crippen molar-refractivity contribution < 1.29 is 33.8 Å². The fourth-order valence-corrected chi connectivity index (χ4v) is 9.64. The van der Waals surface area contributed by atoms with Crippen LogP contribution < -0.4 is 19.8 Å². The number of imide groups is 2. The number of allylic oxidation sites excluding steroid dienone is 2. The number of methoxy groups -OCH3 is 2. The summed E-state index contributed by atoms with van der Waals surface area (Å²) >= 11 is 16.1. The maximum Gasteiger partial charge on any atom is 0.260 e. The third-order valence-electron chi connectivity index (χ3n) is 11.2. The van der Waals surface area contributed by atoms with Gasteiger partial charge in [-0.25, -0.2) is 0 Å². The third-order valence-corrected chi connectivity index (χ3v) is 12.3. The Bertz CT molecular complexity index is 2230. The molecule has 6 atom stereocenters. The smallest absolute Gasteiger partial charge is 0.260 e. The first-order valence-electron chi connectivity index (χ1n) is 16.9. The monoisotopic (exact) mass is 815 g/mol. The average molecular weight is 818 g/mol. The van der Waals surface area contributed by atoms with Crippen molar-refractivity contribution in [3.8, 4) is 17.2 Å². The predicted molar refractivity (Wildman–Crippen MR) is 202 cm³/mol. The van der Waals surface area contributed by atoms with Gasteiger partial charge in [-0.2, -0.15) is 5.01 Å². The lowest BCUT2D eigenvalue weighted by Crippen LogP contribution is -2.53. The number of hydrazine groups is 1. The molecule has 10 nitrogen and oxygen atoms in total. The molecule has 0 bridgehead atoms. The van der Waals surface area contributed by atoms with Crippen LogP contribution in [0, 0.1) is 23.7 Å². The summed E-state index contributed by atoms with van der Waals surface area (Å²) in [6.07, 6.45) is 2.24. The summed E-state index contributed by atoms with van der Waals surface area (Å²) in [4.78, 5) is 60.1. The van der Waals surface area contributed by atoms with Gasteiger partial charge in [-0.3, -0.25) is 29.5 Å². The number of phenols is 1. The molecule has 2 N–H and O–H groups in total. The SMILES string of the molecule is COc1ccc([C@@]23C(=O)N(Nc4ccc(Cl)cc4Cl)C(=O)[C@@H]2C[C@@H]2C(=CC[C@@H]4C(=O)N(c5ccc(Br)cc5)C(=O)[C@@H]42)[C@@H]3c2ccc(OC)cc2O)cc1. The minimum absolute atomic E-state index is 0.0801. The van der Waals surface area contributed by atoms with Crippen molar-refractivity contribution in [2.24, 2.45) is 23.7 Å². The van der Waals surface area contributed by atoms with Gasteiger partial charge in [-0.05, 0) is 85.0 Å². The summed E-state index contributed by atoms with van der Waals surface area (Å²) in [6.45, 7) is 0. The third kappa shape index (κ3) is 5.34. The molecule has 270 valence electrons. The van der Waals surface area contributed by atoms with Crippen LogP contribution in [-0.2, 0) is 24.6 Å². The van der Waals surface area contributed by atoms with E-state index in [0.717, 1.165) is 9.48 Å². The molecule has 53 heavy (non-hydrogen) atoms. The molecule has 4 aromatic carbocycles. The lowest BCUT2D eigenvalue weighted by Gasteiger charge is -2.50. The molecule has 2 heterocycles. The maximum atomic E-state index is 15.4. The summed E-state index contributed by atoms with van der Waals surface area (Å²) in [5, 5.41) is 13.3. The number of nitrogens with zero attached hydrogens (tertiary/aromatic N) is 2. The number of anilines is 2. The molecule has 3 fully saturated rings. The number of rotatable bonds is 7. The van der Waals surface area contributed by atoms with E-state index >= 15 is 4.79 Å². The van der Waals surface area contributed by atoms with E-state index in [-0.39, 0.29) is 41.1 Å². The summed E-state index contributed by atoms with van der Waals surface area (Å²) in [7, 11) is 3.01. The molecule has 0 unspecified atom stereocenters. The number of carbonyl (C=O) groups is 4. The van der Waals surface area contributed by atoms with Gasteiger partial charge in [0.15, 0.2) is 0 Å². The highest BCUT2D eigenvalue weighted by Gasteiger charge is 2.70. The van der Waals surface area contributed by atoms with Crippen LogP contribution in [0.25, 0.3) is 0 Å². The van der Waals surface area contributed by atoms with Crippen LogP contribution in [0.2, 0.25) is 10.0 Å². The number of fused-ring (bicyclic) bond motifs is 4. The van der Waals surface area contributed by atoms with Crippen LogP contribution in [0.3, 0.4) is 0 Å². The van der Waals surface area contributed by atoms with Crippen molar-refractivity contribution in [1.29, 1.82) is 0 Å². The Morgan fingerprint density at radius 2 is 1.53 bits per heavy atom. The van der Waals surface area contributed by atoms with Crippen molar-refractivity contribution >= 4 is 74.1 Å². The van der Waals surface area contributed by atoms with Crippen LogP contribution >= 0.6 is 39.1 Å². The Kier molecular flexibility index (Phi) is 8.79. The van der Waals surface area contributed by atoms with Crippen LogP contribution in [0.15, 0.2) is 101 Å². The van der Waals surface area contributed by atoms with Gasteiger partial charge in [0.25, 0.3) is 11.8 Å². The normalized spacial score (nSPS) is 26.2. The van der Waals surface area contributed by atoms with Crippen molar-refractivity contribution in [3.63, 3.8) is 0 Å². The highest BCUT2D eigenvalue weighted by molar-refractivity contribution is 9.10. The molecular formula is C40H32BrCl2N3O7. The Morgan fingerprint density at radius 1 is 0.830 bits per heavy atom. The quantitative estimate of drug-likeness (QED) is 0.144. The maximum absolute atomic E-state index is 15.4. The largest absolute Gasteiger partial charge is 0.508 e. The van der Waals surface area contributed by atoms with E-state index in [9.17, 15) is 19.5 Å². The zero-order chi connectivity index (χ0) is 37.3. The minimum Gasteiger partial charge on any atom is -0.508 e. The number of nitrogens with one attached hydrogen (secondary N) is 1. The molecule has 2 aliphatic carbocycles. The zero-order valence-corrected chi connectivity index (χ0v) is 31.5. The highest BCUT2D eigenvalue weighted by Crippen LogP contribution is 2.65. The second-order valence-corrected chi connectivity index (χ2v) is 15.4. The van der Waals surface area contributed by atoms with Crippen molar-refractivity contribution in [2.75, 3.05) is 24.5 Å². The topological polar surface area (TPSA) is 125 Å². The summed E-state index contributed by atoms with van der Waals surface area (Å²) < 4.78 is 11.7. The molecular weight excluding hydrogens is 785 g/mol. The Labute approximate surface area is 323 Å². The van der Waals surface area contributed by atoms with Crippen molar-refractivity contribution in [1.82, 2.24) is 5.01 Å². The molecule has 4 amide bonds. The average Bonchev–Trinajstić information content (AvgIpc) is 3.53. The molecule has 4 aliphatic rings. The minimum atomic E-state index is -1.62. The van der Waals surface area contributed by atoms with Gasteiger partial charge in [0.2, 0.25) is 11.8 Å². The Hall–Kier alpha value is -4.84. The first-order chi connectivity index (χ1) is 25.5. The number of ether oxygens (including phenoxy) is 2. The summed E-state index contributed by atoms with van der Waals surface area (Å²) in [5.74, 6) is -5.11. The van der Waals surface area contributed by atoms with Crippen LogP contribution in [0.5, 0.6) is 17.2 Å². The van der Waals surface area contributed by atoms with Gasteiger partial charge >= 0.3 is 0 Å². The van der Waals surface area contributed by atoms with E-state index in [1.54, 1.807) is 72.8 Å². The van der Waals surface area contributed by atoms with Gasteiger partial charge in [0, 0.05) is 27.0 Å². The number of aromatic hydroxyl groups is 1. The highest BCUT2D eigenvalue weighted by atomic mass is 79.9.